The molecule has 2 aliphatic heterocycles. The molecule has 2 heterocycles. The van der Waals surface area contributed by atoms with Gasteiger partial charge in [-0.1, -0.05) is 12.8 Å². The highest BCUT2D eigenvalue weighted by molar-refractivity contribution is 5.79. The van der Waals surface area contributed by atoms with Crippen LogP contribution in [0.15, 0.2) is 0 Å². The van der Waals surface area contributed by atoms with Crippen LogP contribution in [-0.2, 0) is 4.79 Å². The molecule has 0 bridgehead atoms. The molecule has 1 saturated carbocycles. The van der Waals surface area contributed by atoms with Gasteiger partial charge in [-0.3, -0.25) is 4.79 Å². The summed E-state index contributed by atoms with van der Waals surface area (Å²) < 4.78 is 0. The smallest absolute Gasteiger partial charge is 0.226 e. The third-order valence-electron chi connectivity index (χ3n) is 5.96. The number of carbonyl (C=O) groups excluding carboxylic acids is 1. The van der Waals surface area contributed by atoms with Gasteiger partial charge in [-0.25, -0.2) is 0 Å². The molecule has 3 fully saturated rings. The molecule has 0 spiro atoms. The van der Waals surface area contributed by atoms with Crippen LogP contribution < -0.4 is 5.73 Å². The molecule has 0 aromatic heterocycles. The summed E-state index contributed by atoms with van der Waals surface area (Å²) in [5, 5.41) is 0. The van der Waals surface area contributed by atoms with Gasteiger partial charge in [0.2, 0.25) is 5.91 Å². The average molecular weight is 293 g/mol. The van der Waals surface area contributed by atoms with Crippen LogP contribution in [0, 0.1) is 11.8 Å². The van der Waals surface area contributed by atoms with Crippen molar-refractivity contribution in [2.75, 3.05) is 32.7 Å². The van der Waals surface area contributed by atoms with E-state index in [-0.39, 0.29) is 5.92 Å². The first-order chi connectivity index (χ1) is 10.3. The molecule has 3 aliphatic rings. The fourth-order valence-electron chi connectivity index (χ4n) is 4.61. The molecule has 4 heteroatoms. The zero-order valence-corrected chi connectivity index (χ0v) is 13.3. The van der Waals surface area contributed by atoms with E-state index < -0.39 is 0 Å². The predicted molar refractivity (Wildman–Crippen MR) is 84.9 cm³/mol. The number of nitrogens with two attached hydrogens (primary N) is 1. The molecule has 0 aromatic carbocycles. The van der Waals surface area contributed by atoms with E-state index in [4.69, 9.17) is 5.73 Å². The molecule has 1 aliphatic carbocycles. The molecule has 2 N–H and O–H groups in total. The molecule has 4 nitrogen and oxygen atoms in total. The SMILES string of the molecule is NCC1CCCCC1C(=O)N1CCC(N2CCCC2)CC1. The first-order valence-corrected chi connectivity index (χ1v) is 9.02. The first-order valence-electron chi connectivity index (χ1n) is 9.02. The summed E-state index contributed by atoms with van der Waals surface area (Å²) in [5.74, 6) is 1.06. The summed E-state index contributed by atoms with van der Waals surface area (Å²) in [7, 11) is 0. The number of likely N-dealkylation sites (tertiary alicyclic amines) is 2. The second kappa shape index (κ2) is 7.10. The number of amides is 1. The molecule has 0 aromatic rings. The molecule has 2 atom stereocenters. The maximum absolute atomic E-state index is 12.8. The highest BCUT2D eigenvalue weighted by Gasteiger charge is 2.35. The average Bonchev–Trinajstić information content (AvgIpc) is 3.09. The first kappa shape index (κ1) is 15.3. The van der Waals surface area contributed by atoms with Crippen molar-refractivity contribution in [3.05, 3.63) is 0 Å². The van der Waals surface area contributed by atoms with Gasteiger partial charge in [-0.05, 0) is 64.1 Å². The van der Waals surface area contributed by atoms with Crippen molar-refractivity contribution in [3.8, 4) is 0 Å². The normalized spacial score (nSPS) is 32.5. The van der Waals surface area contributed by atoms with Crippen LogP contribution in [0.1, 0.15) is 51.4 Å². The summed E-state index contributed by atoms with van der Waals surface area (Å²) in [4.78, 5) is 17.6. The molecule has 1 amide bonds. The van der Waals surface area contributed by atoms with E-state index in [1.54, 1.807) is 0 Å². The Bertz CT molecular complexity index is 346. The van der Waals surface area contributed by atoms with E-state index in [2.05, 4.69) is 9.80 Å². The summed E-state index contributed by atoms with van der Waals surface area (Å²) in [6.07, 6.45) is 9.74. The van der Waals surface area contributed by atoms with Crippen molar-refractivity contribution in [3.63, 3.8) is 0 Å². The van der Waals surface area contributed by atoms with Crippen molar-refractivity contribution in [2.24, 2.45) is 17.6 Å². The number of hydrogen-bond acceptors (Lipinski definition) is 3. The highest BCUT2D eigenvalue weighted by Crippen LogP contribution is 2.32. The van der Waals surface area contributed by atoms with E-state index >= 15 is 0 Å². The van der Waals surface area contributed by atoms with Crippen LogP contribution in [0.5, 0.6) is 0 Å². The lowest BCUT2D eigenvalue weighted by Gasteiger charge is -2.40. The fraction of sp³-hybridized carbons (Fsp3) is 0.941. The minimum absolute atomic E-state index is 0.215. The van der Waals surface area contributed by atoms with E-state index in [0.717, 1.165) is 32.0 Å². The Morgan fingerprint density at radius 1 is 0.905 bits per heavy atom. The van der Waals surface area contributed by atoms with Crippen LogP contribution in [0.25, 0.3) is 0 Å². The third kappa shape index (κ3) is 3.42. The molecule has 120 valence electrons. The predicted octanol–water partition coefficient (Wildman–Crippen LogP) is 1.84. The Labute approximate surface area is 129 Å². The molecular formula is C17H31N3O. The van der Waals surface area contributed by atoms with E-state index in [1.807, 2.05) is 0 Å². The quantitative estimate of drug-likeness (QED) is 0.864. The van der Waals surface area contributed by atoms with Crippen LogP contribution in [-0.4, -0.2) is 54.5 Å². The largest absolute Gasteiger partial charge is 0.342 e. The number of carbonyl (C=O) groups is 1. The molecule has 0 radical (unpaired) electrons. The van der Waals surface area contributed by atoms with Crippen LogP contribution in [0.4, 0.5) is 0 Å². The van der Waals surface area contributed by atoms with Crippen molar-refractivity contribution in [1.29, 1.82) is 0 Å². The Balaban J connectivity index is 1.52. The Morgan fingerprint density at radius 2 is 1.57 bits per heavy atom. The van der Waals surface area contributed by atoms with E-state index in [0.29, 0.717) is 18.4 Å². The van der Waals surface area contributed by atoms with Crippen LogP contribution in [0.3, 0.4) is 0 Å². The summed E-state index contributed by atoms with van der Waals surface area (Å²) in [6.45, 7) is 5.16. The summed E-state index contributed by atoms with van der Waals surface area (Å²) >= 11 is 0. The van der Waals surface area contributed by atoms with Gasteiger partial charge >= 0.3 is 0 Å². The molecule has 2 unspecified atom stereocenters. The van der Waals surface area contributed by atoms with Crippen molar-refractivity contribution >= 4 is 5.91 Å². The van der Waals surface area contributed by atoms with Gasteiger partial charge in [0, 0.05) is 25.0 Å². The minimum atomic E-state index is 0.215. The zero-order chi connectivity index (χ0) is 14.7. The van der Waals surface area contributed by atoms with E-state index in [9.17, 15) is 4.79 Å². The van der Waals surface area contributed by atoms with Crippen molar-refractivity contribution in [2.45, 2.75) is 57.4 Å². The number of piperidine rings is 1. The monoisotopic (exact) mass is 293 g/mol. The lowest BCUT2D eigenvalue weighted by Crippen LogP contribution is -2.49. The lowest BCUT2D eigenvalue weighted by atomic mass is 9.78. The summed E-state index contributed by atoms with van der Waals surface area (Å²) in [6, 6.07) is 0.730. The number of hydrogen-bond donors (Lipinski definition) is 1. The van der Waals surface area contributed by atoms with Gasteiger partial charge in [0.15, 0.2) is 0 Å². The van der Waals surface area contributed by atoms with E-state index in [1.165, 1.54) is 51.6 Å². The Morgan fingerprint density at radius 3 is 2.24 bits per heavy atom. The minimum Gasteiger partial charge on any atom is -0.342 e. The third-order valence-corrected chi connectivity index (χ3v) is 5.96. The molecule has 3 rings (SSSR count). The number of nitrogens with zero attached hydrogens (tertiary/aromatic N) is 2. The van der Waals surface area contributed by atoms with Crippen LogP contribution >= 0.6 is 0 Å². The zero-order valence-electron chi connectivity index (χ0n) is 13.3. The molecule has 2 saturated heterocycles. The van der Waals surface area contributed by atoms with Gasteiger partial charge in [0.1, 0.15) is 0 Å². The van der Waals surface area contributed by atoms with Gasteiger partial charge in [-0.15, -0.1) is 0 Å². The van der Waals surface area contributed by atoms with Gasteiger partial charge in [-0.2, -0.15) is 0 Å². The second-order valence-electron chi connectivity index (χ2n) is 7.19. The van der Waals surface area contributed by atoms with Gasteiger partial charge in [0.25, 0.3) is 0 Å². The topological polar surface area (TPSA) is 49.6 Å². The second-order valence-corrected chi connectivity index (χ2v) is 7.19. The number of rotatable bonds is 3. The molecular weight excluding hydrogens is 262 g/mol. The fourth-order valence-corrected chi connectivity index (χ4v) is 4.61. The van der Waals surface area contributed by atoms with Crippen molar-refractivity contribution in [1.82, 2.24) is 9.80 Å². The Hall–Kier alpha value is -0.610. The standard InChI is InChI=1S/C17H31N3O/c18-13-14-5-1-2-6-16(14)17(21)20-11-7-15(8-12-20)19-9-3-4-10-19/h14-16H,1-13,18H2. The van der Waals surface area contributed by atoms with Gasteiger partial charge in [0.05, 0.1) is 0 Å². The molecule has 21 heavy (non-hydrogen) atoms. The lowest BCUT2D eigenvalue weighted by molar-refractivity contribution is -0.140. The maximum Gasteiger partial charge on any atom is 0.226 e. The highest BCUT2D eigenvalue weighted by atomic mass is 16.2. The van der Waals surface area contributed by atoms with Gasteiger partial charge < -0.3 is 15.5 Å². The Kier molecular flexibility index (Phi) is 5.17. The van der Waals surface area contributed by atoms with Crippen molar-refractivity contribution < 1.29 is 4.79 Å². The summed E-state index contributed by atoms with van der Waals surface area (Å²) in [5.41, 5.74) is 5.89. The van der Waals surface area contributed by atoms with Crippen LogP contribution in [0.2, 0.25) is 0 Å². The maximum atomic E-state index is 12.8.